The average molecular weight is 496 g/mol. The van der Waals surface area contributed by atoms with Crippen LogP contribution in [0.5, 0.6) is 5.75 Å². The van der Waals surface area contributed by atoms with Gasteiger partial charge < -0.3 is 4.74 Å². The minimum absolute atomic E-state index is 0. The second-order valence-electron chi connectivity index (χ2n) is 3.90. The van der Waals surface area contributed by atoms with Crippen molar-refractivity contribution >= 4 is 27.3 Å². The van der Waals surface area contributed by atoms with E-state index in [1.807, 2.05) is 55.5 Å². The molecule has 0 aromatic heterocycles. The quantitative estimate of drug-likeness (QED) is 0.570. The fourth-order valence-corrected chi connectivity index (χ4v) is 1.87. The van der Waals surface area contributed by atoms with Crippen molar-refractivity contribution in [2.45, 2.75) is 6.92 Å². The first-order valence-electron chi connectivity index (χ1n) is 5.64. The first kappa shape index (κ1) is 16.1. The maximum Gasteiger partial charge on any atom is 0.119 e. The molecule has 0 spiro atoms. The normalized spacial score (nSPS) is 10.8. The van der Waals surface area contributed by atoms with Gasteiger partial charge in [-0.2, -0.15) is 0 Å². The topological polar surface area (TPSA) is 21.6 Å². The number of aliphatic imine (C=N–C) groups is 1. The molecule has 0 fully saturated rings. The molecule has 0 heterocycles. The van der Waals surface area contributed by atoms with Crippen molar-refractivity contribution in [2.75, 3.05) is 7.11 Å². The van der Waals surface area contributed by atoms with E-state index in [9.17, 15) is 0 Å². The van der Waals surface area contributed by atoms with Gasteiger partial charge >= 0.3 is 0 Å². The molecule has 0 saturated heterocycles. The van der Waals surface area contributed by atoms with Crippen LogP contribution in [-0.2, 0) is 20.1 Å². The van der Waals surface area contributed by atoms with Gasteiger partial charge in [0.15, 0.2) is 0 Å². The molecule has 2 nitrogen and oxygen atoms in total. The van der Waals surface area contributed by atoms with Crippen LogP contribution < -0.4 is 4.74 Å². The summed E-state index contributed by atoms with van der Waals surface area (Å²) in [7, 11) is 1.66. The third-order valence-electron chi connectivity index (χ3n) is 2.63. The Morgan fingerprint density at radius 1 is 1.00 bits per heavy atom. The van der Waals surface area contributed by atoms with Gasteiger partial charge in [0.25, 0.3) is 0 Å². The summed E-state index contributed by atoms with van der Waals surface area (Å²) in [5.74, 6) is 0.843. The molecule has 1 radical (unpaired) electrons. The molecule has 101 valence electrons. The molecule has 0 aliphatic rings. The zero-order valence-electron chi connectivity index (χ0n) is 10.7. The van der Waals surface area contributed by atoms with Crippen LogP contribution in [0.2, 0.25) is 0 Å². The Labute approximate surface area is 135 Å². The van der Waals surface area contributed by atoms with Gasteiger partial charge in [0.2, 0.25) is 0 Å². The van der Waals surface area contributed by atoms with E-state index in [1.54, 1.807) is 7.11 Å². The number of benzene rings is 2. The summed E-state index contributed by atoms with van der Waals surface area (Å²) in [4.78, 5) is 4.58. The minimum atomic E-state index is 0. The van der Waals surface area contributed by atoms with Crippen molar-refractivity contribution in [3.8, 4) is 5.75 Å². The molecule has 2 aromatic rings. The van der Waals surface area contributed by atoms with Gasteiger partial charge in [-0.1, -0.05) is 28.1 Å². The predicted octanol–water partition coefficient (Wildman–Crippen LogP) is 4.60. The Morgan fingerprint density at radius 2 is 1.58 bits per heavy atom. The van der Waals surface area contributed by atoms with Gasteiger partial charge in [-0.15, -0.1) is 0 Å². The summed E-state index contributed by atoms with van der Waals surface area (Å²) < 4.78 is 6.19. The minimum Gasteiger partial charge on any atom is -0.497 e. The number of methoxy groups -OCH3 is 1. The number of halogens is 1. The molecule has 0 aliphatic heterocycles. The van der Waals surface area contributed by atoms with E-state index >= 15 is 0 Å². The molecule has 0 amide bonds. The Kier molecular flexibility index (Phi) is 6.43. The Balaban J connectivity index is 0.00000180. The van der Waals surface area contributed by atoms with E-state index in [4.69, 9.17) is 4.74 Å². The molecule has 0 N–H and O–H groups in total. The van der Waals surface area contributed by atoms with E-state index in [1.165, 1.54) is 0 Å². The van der Waals surface area contributed by atoms with Crippen molar-refractivity contribution in [3.05, 3.63) is 58.6 Å². The zero-order valence-corrected chi connectivity index (χ0v) is 14.7. The van der Waals surface area contributed by atoms with Gasteiger partial charge in [0.1, 0.15) is 5.75 Å². The first-order valence-corrected chi connectivity index (χ1v) is 6.43. The molecule has 2 aromatic carbocycles. The maximum atomic E-state index is 5.12. The summed E-state index contributed by atoms with van der Waals surface area (Å²) in [5, 5.41) is 0. The average Bonchev–Trinajstić information content (AvgIpc) is 2.40. The molecule has 0 aliphatic carbocycles. The Bertz CT molecular complexity index is 549. The molecule has 0 saturated carbocycles. The second kappa shape index (κ2) is 7.59. The van der Waals surface area contributed by atoms with Gasteiger partial charge in [-0.3, -0.25) is 4.99 Å². The number of hydrogen-bond acceptors (Lipinski definition) is 2. The standard InChI is InChI=1S/C15H14BrNO.Ir/c1-11(12-3-5-13(16)6-4-12)17-14-7-9-15(18-2)10-8-14;/h3-10H,1-2H3;/b17-11+;. The van der Waals surface area contributed by atoms with Crippen LogP contribution in [0, 0.1) is 0 Å². The Hall–Kier alpha value is -0.961. The number of rotatable bonds is 3. The van der Waals surface area contributed by atoms with E-state index < -0.39 is 0 Å². The van der Waals surface area contributed by atoms with Crippen LogP contribution in [0.1, 0.15) is 12.5 Å². The fourth-order valence-electron chi connectivity index (χ4n) is 1.61. The third kappa shape index (κ3) is 4.57. The zero-order chi connectivity index (χ0) is 13.0. The molecular weight excluding hydrogens is 482 g/mol. The van der Waals surface area contributed by atoms with Crippen LogP contribution in [0.15, 0.2) is 58.0 Å². The van der Waals surface area contributed by atoms with Gasteiger partial charge in [0.05, 0.1) is 12.8 Å². The van der Waals surface area contributed by atoms with E-state index in [-0.39, 0.29) is 20.1 Å². The summed E-state index contributed by atoms with van der Waals surface area (Å²) in [5.41, 5.74) is 3.04. The molecular formula is C15H14BrIrNO. The molecule has 0 bridgehead atoms. The molecule has 0 atom stereocenters. The first-order chi connectivity index (χ1) is 8.69. The van der Waals surface area contributed by atoms with E-state index in [0.717, 1.165) is 27.2 Å². The van der Waals surface area contributed by atoms with E-state index in [0.29, 0.717) is 0 Å². The van der Waals surface area contributed by atoms with Crippen molar-refractivity contribution in [1.29, 1.82) is 0 Å². The third-order valence-corrected chi connectivity index (χ3v) is 3.16. The van der Waals surface area contributed by atoms with Crippen molar-refractivity contribution in [1.82, 2.24) is 0 Å². The molecule has 19 heavy (non-hydrogen) atoms. The largest absolute Gasteiger partial charge is 0.497 e. The van der Waals surface area contributed by atoms with Crippen LogP contribution in [0.4, 0.5) is 5.69 Å². The van der Waals surface area contributed by atoms with Gasteiger partial charge in [-0.05, 0) is 48.9 Å². The monoisotopic (exact) mass is 496 g/mol. The van der Waals surface area contributed by atoms with Crippen molar-refractivity contribution < 1.29 is 24.8 Å². The number of ether oxygens (including phenoxy) is 1. The maximum absolute atomic E-state index is 5.12. The summed E-state index contributed by atoms with van der Waals surface area (Å²) in [6.45, 7) is 2.01. The van der Waals surface area contributed by atoms with Gasteiger partial charge in [0, 0.05) is 30.3 Å². The summed E-state index contributed by atoms with van der Waals surface area (Å²) >= 11 is 3.42. The van der Waals surface area contributed by atoms with Crippen LogP contribution >= 0.6 is 15.9 Å². The summed E-state index contributed by atoms with van der Waals surface area (Å²) in [6, 6.07) is 15.8. The molecule has 0 unspecified atom stereocenters. The molecule has 2 rings (SSSR count). The molecule has 4 heteroatoms. The van der Waals surface area contributed by atoms with E-state index in [2.05, 4.69) is 20.9 Å². The smallest absolute Gasteiger partial charge is 0.119 e. The predicted molar refractivity (Wildman–Crippen MR) is 79.0 cm³/mol. The van der Waals surface area contributed by atoms with Crippen molar-refractivity contribution in [3.63, 3.8) is 0 Å². The fraction of sp³-hybridized carbons (Fsp3) is 0.133. The van der Waals surface area contributed by atoms with Crippen LogP contribution in [0.25, 0.3) is 0 Å². The van der Waals surface area contributed by atoms with Crippen molar-refractivity contribution in [2.24, 2.45) is 4.99 Å². The number of hydrogen-bond donors (Lipinski definition) is 0. The summed E-state index contributed by atoms with van der Waals surface area (Å²) in [6.07, 6.45) is 0. The van der Waals surface area contributed by atoms with Crippen LogP contribution in [-0.4, -0.2) is 12.8 Å². The van der Waals surface area contributed by atoms with Gasteiger partial charge in [-0.25, -0.2) is 0 Å². The van der Waals surface area contributed by atoms with Crippen LogP contribution in [0.3, 0.4) is 0 Å². The SMILES string of the molecule is COc1ccc(/N=C(\C)c2ccc(Br)cc2)cc1.[Ir]. The number of nitrogens with zero attached hydrogens (tertiary/aromatic N) is 1. The Morgan fingerprint density at radius 3 is 2.11 bits per heavy atom. The second-order valence-corrected chi connectivity index (χ2v) is 4.82.